The van der Waals surface area contributed by atoms with Crippen LogP contribution in [-0.4, -0.2) is 47.1 Å². The van der Waals surface area contributed by atoms with E-state index in [0.717, 1.165) is 7.11 Å². The molecule has 13 heavy (non-hydrogen) atoms. The third-order valence-corrected chi connectivity index (χ3v) is 2.23. The van der Waals surface area contributed by atoms with Crippen molar-refractivity contribution in [3.8, 4) is 0 Å². The van der Waals surface area contributed by atoms with Crippen LogP contribution in [0.3, 0.4) is 0 Å². The predicted molar refractivity (Wildman–Crippen MR) is 41.6 cm³/mol. The Morgan fingerprint density at radius 1 is 1.08 bits per heavy atom. The molecule has 0 aromatic rings. The van der Waals surface area contributed by atoms with E-state index in [1.54, 1.807) is 21.3 Å². The Kier molecular flexibility index (Phi) is 22.6. The summed E-state index contributed by atoms with van der Waals surface area (Å²) >= 11 is 0. The number of rotatable bonds is 4. The van der Waals surface area contributed by atoms with Gasteiger partial charge in [-0.05, 0) is 0 Å². The van der Waals surface area contributed by atoms with E-state index in [9.17, 15) is 9.26 Å². The maximum atomic E-state index is 9.22. The molecule has 9 heteroatoms. The molecule has 0 unspecified atom stereocenters. The molecular formula is C4H13NaO6Si2. The van der Waals surface area contributed by atoms with Gasteiger partial charge in [-0.1, -0.05) is 0 Å². The first kappa shape index (κ1) is 19.3. The summed E-state index contributed by atoms with van der Waals surface area (Å²) in [5.74, 6) is 0. The fraction of sp³-hybridized carbons (Fsp3) is 1.00. The average molecular weight is 236 g/mol. The van der Waals surface area contributed by atoms with E-state index < -0.39 is 18.7 Å². The third-order valence-electron chi connectivity index (χ3n) is 0.744. The Balaban J connectivity index is -0.000000150. The van der Waals surface area contributed by atoms with Gasteiger partial charge in [0, 0.05) is 28.4 Å². The van der Waals surface area contributed by atoms with Crippen LogP contribution >= 0.6 is 0 Å². The van der Waals surface area contributed by atoms with Gasteiger partial charge in [0.1, 0.15) is 0 Å². The van der Waals surface area contributed by atoms with E-state index in [1.165, 1.54) is 0 Å². The molecular weight excluding hydrogens is 223 g/mol. The molecule has 0 saturated heterocycles. The van der Waals surface area contributed by atoms with Crippen LogP contribution in [0.4, 0.5) is 0 Å². The van der Waals surface area contributed by atoms with Crippen molar-refractivity contribution in [2.75, 3.05) is 28.4 Å². The Labute approximate surface area is 103 Å². The van der Waals surface area contributed by atoms with Crippen molar-refractivity contribution in [3.63, 3.8) is 0 Å². The van der Waals surface area contributed by atoms with E-state index in [4.69, 9.17) is 13.3 Å². The topological polar surface area (TPSA) is 77.0 Å². The van der Waals surface area contributed by atoms with E-state index >= 15 is 0 Å². The van der Waals surface area contributed by atoms with Crippen molar-refractivity contribution in [1.29, 1.82) is 0 Å². The third kappa shape index (κ3) is 19.2. The van der Waals surface area contributed by atoms with Crippen LogP contribution < -0.4 is 34.4 Å². The molecule has 0 rings (SSSR count). The second kappa shape index (κ2) is 15.2. The van der Waals surface area contributed by atoms with Crippen LogP contribution in [0.1, 0.15) is 0 Å². The van der Waals surface area contributed by atoms with Gasteiger partial charge in [0.15, 0.2) is 0 Å². The normalized spacial score (nSPS) is 8.08. The molecule has 0 fully saturated rings. The standard InChI is InChI=1S/C3H10O3Si.CH3O3Si.Na/c1-4-7(5-2)6-3;1-4-5(2)3;/h7H,1-3H3;1H3;/q;-1;+1. The molecule has 0 radical (unpaired) electrons. The Hall–Kier alpha value is 0.714. The van der Waals surface area contributed by atoms with Gasteiger partial charge in [0.25, 0.3) is 0 Å². The van der Waals surface area contributed by atoms with Gasteiger partial charge in [0.05, 0.1) is 0 Å². The largest absolute Gasteiger partial charge is 1.00 e. The van der Waals surface area contributed by atoms with Crippen LogP contribution in [0.15, 0.2) is 0 Å². The van der Waals surface area contributed by atoms with Crippen LogP contribution in [0.5, 0.6) is 0 Å². The molecule has 6 nitrogen and oxygen atoms in total. The molecule has 0 aliphatic carbocycles. The van der Waals surface area contributed by atoms with E-state index in [1.807, 2.05) is 0 Å². The molecule has 0 atom stereocenters. The van der Waals surface area contributed by atoms with Crippen molar-refractivity contribution in [1.82, 2.24) is 0 Å². The summed E-state index contributed by atoms with van der Waals surface area (Å²) in [6, 6.07) is 0. The van der Waals surface area contributed by atoms with Gasteiger partial charge in [-0.25, -0.2) is 0 Å². The zero-order valence-electron chi connectivity index (χ0n) is 8.53. The van der Waals surface area contributed by atoms with E-state index in [-0.39, 0.29) is 29.6 Å². The molecule has 0 aromatic heterocycles. The molecule has 0 aliphatic rings. The molecule has 0 N–H and O–H groups in total. The minimum absolute atomic E-state index is 0. The summed E-state index contributed by atoms with van der Waals surface area (Å²) in [5.41, 5.74) is 0. The summed E-state index contributed by atoms with van der Waals surface area (Å²) in [4.78, 5) is 9.22. The molecule has 0 saturated carbocycles. The smallest absolute Gasteiger partial charge is 0.591 e. The SMILES string of the molecule is CO[SiH](OC)OC.CO[Si](=O)[O-].[Na+]. The maximum Gasteiger partial charge on any atom is 1.00 e. The molecule has 0 heterocycles. The van der Waals surface area contributed by atoms with Gasteiger partial charge < -0.3 is 27.0 Å². The summed E-state index contributed by atoms with van der Waals surface area (Å²) in [5, 5.41) is 0. The molecule has 0 bridgehead atoms. The summed E-state index contributed by atoms with van der Waals surface area (Å²) in [6.07, 6.45) is 0. The number of hydrogen-bond acceptors (Lipinski definition) is 6. The maximum absolute atomic E-state index is 9.22. The van der Waals surface area contributed by atoms with Gasteiger partial charge in [-0.2, -0.15) is 0 Å². The summed E-state index contributed by atoms with van der Waals surface area (Å²) < 4.78 is 27.2. The Morgan fingerprint density at radius 2 is 1.31 bits per heavy atom. The number of hydrogen-bond donors (Lipinski definition) is 0. The van der Waals surface area contributed by atoms with E-state index in [2.05, 4.69) is 4.43 Å². The van der Waals surface area contributed by atoms with Crippen molar-refractivity contribution in [2.24, 2.45) is 0 Å². The van der Waals surface area contributed by atoms with E-state index in [0.29, 0.717) is 0 Å². The van der Waals surface area contributed by atoms with Crippen molar-refractivity contribution >= 4 is 18.7 Å². The Morgan fingerprint density at radius 3 is 1.31 bits per heavy atom. The van der Waals surface area contributed by atoms with Crippen LogP contribution in [0.25, 0.3) is 0 Å². The molecule has 0 aromatic carbocycles. The fourth-order valence-corrected chi connectivity index (χ4v) is 0.866. The summed E-state index contributed by atoms with van der Waals surface area (Å²) in [6.45, 7) is 0. The van der Waals surface area contributed by atoms with Crippen LogP contribution in [-0.2, 0) is 22.2 Å². The molecule has 0 aliphatic heterocycles. The molecule has 0 spiro atoms. The minimum Gasteiger partial charge on any atom is -0.591 e. The Bertz CT molecular complexity index is 105. The van der Waals surface area contributed by atoms with Gasteiger partial charge >= 0.3 is 48.3 Å². The quantitative estimate of drug-likeness (QED) is 0.455. The van der Waals surface area contributed by atoms with Crippen molar-refractivity contribution in [2.45, 2.75) is 0 Å². The predicted octanol–water partition coefficient (Wildman–Crippen LogP) is -4.94. The van der Waals surface area contributed by atoms with Gasteiger partial charge in [-0.15, -0.1) is 0 Å². The fourth-order valence-electron chi connectivity index (χ4n) is 0.289. The first-order valence-electron chi connectivity index (χ1n) is 2.95. The molecule has 0 amide bonds. The second-order valence-corrected chi connectivity index (χ2v) is 4.35. The van der Waals surface area contributed by atoms with Crippen molar-refractivity contribution in [3.05, 3.63) is 0 Å². The van der Waals surface area contributed by atoms with Crippen LogP contribution in [0, 0.1) is 0 Å². The first-order valence-corrected chi connectivity index (χ1v) is 5.59. The zero-order chi connectivity index (χ0) is 9.98. The second-order valence-electron chi connectivity index (χ2n) is 1.45. The minimum atomic E-state index is -2.87. The first-order chi connectivity index (χ1) is 5.62. The zero-order valence-corrected chi connectivity index (χ0v) is 12.7. The monoisotopic (exact) mass is 236 g/mol. The van der Waals surface area contributed by atoms with Crippen molar-refractivity contribution < 1.29 is 56.5 Å². The van der Waals surface area contributed by atoms with Gasteiger partial charge in [0.2, 0.25) is 0 Å². The average Bonchev–Trinajstić information content (AvgIpc) is 2.09. The van der Waals surface area contributed by atoms with Gasteiger partial charge in [-0.3, -0.25) is 0 Å². The summed E-state index contributed by atoms with van der Waals surface area (Å²) in [7, 11) is 1.29. The molecule has 74 valence electrons. The van der Waals surface area contributed by atoms with Crippen LogP contribution in [0.2, 0.25) is 0 Å².